The Morgan fingerprint density at radius 1 is 0.500 bits per heavy atom. The van der Waals surface area contributed by atoms with Gasteiger partial charge in [0, 0.05) is 38.3 Å². The normalized spacial score (nSPS) is 14.8. The first-order valence-corrected chi connectivity index (χ1v) is 16.7. The minimum Gasteiger partial charge on any atom is -0.310 e. The Hall–Kier alpha value is -6.31. The fourth-order valence-electron chi connectivity index (χ4n) is 10.7. The molecule has 5 heterocycles. The molecule has 216 valence electrons. The lowest BCUT2D eigenvalue weighted by molar-refractivity contribution is 0.749. The van der Waals surface area contributed by atoms with Crippen molar-refractivity contribution >= 4 is 66.7 Å². The predicted octanol–water partition coefficient (Wildman–Crippen LogP) is 7.57. The van der Waals surface area contributed by atoms with E-state index in [4.69, 9.17) is 0 Å². The van der Waals surface area contributed by atoms with Gasteiger partial charge in [0.15, 0.2) is 0 Å². The number of rotatable bonds is 0. The third kappa shape index (κ3) is 2.25. The largest absolute Gasteiger partial charge is 0.310 e. The van der Waals surface area contributed by atoms with Crippen LogP contribution >= 0.6 is 0 Å². The van der Waals surface area contributed by atoms with Gasteiger partial charge in [-0.2, -0.15) is 5.26 Å². The van der Waals surface area contributed by atoms with E-state index in [9.17, 15) is 5.26 Å². The SMILES string of the molecule is N#Cc1cc2c3c4c1-n1c5ccccc5c5cccc(c51)B4c1cccc4c5cccc(c5n-3c14)C21c2ccccc2-c2ccccc21. The standard InChI is InChI=1S/C44H22BN3/c46-23-24-22-34-43-38-39(24)47-37-21-6-3-12-27(37)28-14-8-19-35(41(28)47)45(38)36-20-9-15-30-29-13-7-18-33(40(29)48(43)42(30)36)44(34)31-16-4-1-10-25(31)26-11-2-5-17-32(26)44/h1-22H. The Balaban J connectivity index is 1.37. The fourth-order valence-corrected chi connectivity index (χ4v) is 10.7. The molecule has 4 aliphatic rings. The highest BCUT2D eigenvalue weighted by Gasteiger charge is 2.54. The molecule has 3 aliphatic heterocycles. The van der Waals surface area contributed by atoms with Gasteiger partial charge < -0.3 is 9.13 Å². The molecule has 7 aromatic carbocycles. The van der Waals surface area contributed by atoms with Gasteiger partial charge in [-0.05, 0) is 61.9 Å². The third-order valence-electron chi connectivity index (χ3n) is 12.1. The highest BCUT2D eigenvalue weighted by atomic mass is 15.1. The molecule has 0 saturated carbocycles. The van der Waals surface area contributed by atoms with E-state index in [1.165, 1.54) is 93.6 Å². The maximum Gasteiger partial charge on any atom is 0.252 e. The van der Waals surface area contributed by atoms with Crippen LogP contribution in [0.1, 0.15) is 27.8 Å². The summed E-state index contributed by atoms with van der Waals surface area (Å²) >= 11 is 0. The summed E-state index contributed by atoms with van der Waals surface area (Å²) in [5.74, 6) is 0. The summed E-state index contributed by atoms with van der Waals surface area (Å²) in [5, 5.41) is 16.3. The summed E-state index contributed by atoms with van der Waals surface area (Å²) in [7, 11) is 0. The van der Waals surface area contributed by atoms with E-state index < -0.39 is 5.41 Å². The second kappa shape index (κ2) is 7.63. The van der Waals surface area contributed by atoms with Crippen LogP contribution in [0.3, 0.4) is 0 Å². The molecule has 0 bridgehead atoms. The first-order chi connectivity index (χ1) is 23.8. The Bertz CT molecular complexity index is 3050. The number of benzene rings is 7. The molecule has 0 fully saturated rings. The van der Waals surface area contributed by atoms with Crippen LogP contribution in [0.4, 0.5) is 0 Å². The van der Waals surface area contributed by atoms with E-state index in [0.29, 0.717) is 0 Å². The van der Waals surface area contributed by atoms with Gasteiger partial charge in [-0.1, -0.05) is 121 Å². The minimum atomic E-state index is -0.569. The quantitative estimate of drug-likeness (QED) is 0.165. The van der Waals surface area contributed by atoms with Gasteiger partial charge >= 0.3 is 0 Å². The van der Waals surface area contributed by atoms with Crippen LogP contribution in [0.25, 0.3) is 66.1 Å². The van der Waals surface area contributed by atoms with Crippen molar-refractivity contribution in [3.8, 4) is 28.6 Å². The van der Waals surface area contributed by atoms with Crippen molar-refractivity contribution in [1.29, 1.82) is 5.26 Å². The average molecular weight is 603 g/mol. The van der Waals surface area contributed by atoms with Crippen molar-refractivity contribution in [1.82, 2.24) is 9.13 Å². The summed E-state index contributed by atoms with van der Waals surface area (Å²) in [6.07, 6.45) is 0. The van der Waals surface area contributed by atoms with Gasteiger partial charge in [0.25, 0.3) is 6.71 Å². The molecule has 9 aromatic rings. The molecule has 0 N–H and O–H groups in total. The number of aromatic nitrogens is 2. The molecular formula is C44H22BN3. The van der Waals surface area contributed by atoms with Crippen molar-refractivity contribution in [2.24, 2.45) is 0 Å². The lowest BCUT2D eigenvalue weighted by Gasteiger charge is -2.44. The summed E-state index contributed by atoms with van der Waals surface area (Å²) in [6.45, 7) is -0.00596. The zero-order valence-corrected chi connectivity index (χ0v) is 25.6. The first kappa shape index (κ1) is 23.9. The number of nitrogens with zero attached hydrogens (tertiary/aromatic N) is 3. The van der Waals surface area contributed by atoms with Gasteiger partial charge in [-0.25, -0.2) is 0 Å². The predicted molar refractivity (Wildman–Crippen MR) is 195 cm³/mol. The van der Waals surface area contributed by atoms with Crippen LogP contribution in [0, 0.1) is 11.3 Å². The summed E-state index contributed by atoms with van der Waals surface area (Å²) < 4.78 is 5.01. The molecule has 0 amide bonds. The van der Waals surface area contributed by atoms with Crippen molar-refractivity contribution in [3.63, 3.8) is 0 Å². The van der Waals surface area contributed by atoms with Crippen LogP contribution in [0.15, 0.2) is 133 Å². The number of fused-ring (bicyclic) bond motifs is 14. The molecule has 3 nitrogen and oxygen atoms in total. The maximum absolute atomic E-state index is 11.2. The van der Waals surface area contributed by atoms with Crippen LogP contribution < -0.4 is 16.4 Å². The van der Waals surface area contributed by atoms with Crippen LogP contribution in [0.5, 0.6) is 0 Å². The third-order valence-corrected chi connectivity index (χ3v) is 12.1. The van der Waals surface area contributed by atoms with Gasteiger partial charge in [0.2, 0.25) is 0 Å². The number of hydrogen-bond acceptors (Lipinski definition) is 1. The second-order valence-corrected chi connectivity index (χ2v) is 13.8. The summed E-state index contributed by atoms with van der Waals surface area (Å²) in [4.78, 5) is 0. The molecule has 2 aromatic heterocycles. The lowest BCUT2D eigenvalue weighted by atomic mass is 9.33. The highest BCUT2D eigenvalue weighted by molar-refractivity contribution is 7.00. The van der Waals surface area contributed by atoms with E-state index >= 15 is 0 Å². The Morgan fingerprint density at radius 2 is 1.06 bits per heavy atom. The van der Waals surface area contributed by atoms with Gasteiger partial charge in [0.05, 0.1) is 27.7 Å². The zero-order chi connectivity index (χ0) is 31.0. The van der Waals surface area contributed by atoms with Crippen molar-refractivity contribution in [2.45, 2.75) is 5.41 Å². The van der Waals surface area contributed by atoms with Gasteiger partial charge in [-0.3, -0.25) is 0 Å². The Morgan fingerprint density at radius 3 is 1.79 bits per heavy atom. The fraction of sp³-hybridized carbons (Fsp3) is 0.0227. The zero-order valence-electron chi connectivity index (χ0n) is 25.6. The lowest BCUT2D eigenvalue weighted by Crippen LogP contribution is -2.60. The molecule has 1 spiro atoms. The minimum absolute atomic E-state index is 0.00596. The van der Waals surface area contributed by atoms with Crippen LogP contribution in [-0.2, 0) is 5.41 Å². The maximum atomic E-state index is 11.2. The number of nitriles is 1. The van der Waals surface area contributed by atoms with Crippen LogP contribution in [-0.4, -0.2) is 15.8 Å². The Kier molecular flexibility index (Phi) is 3.81. The molecule has 4 heteroatoms. The Labute approximate surface area is 275 Å². The molecule has 48 heavy (non-hydrogen) atoms. The molecule has 0 saturated heterocycles. The van der Waals surface area contributed by atoms with E-state index in [0.717, 1.165) is 16.8 Å². The molecule has 1 aliphatic carbocycles. The number of para-hydroxylation sites is 4. The summed E-state index contributed by atoms with van der Waals surface area (Å²) in [6, 6.07) is 52.3. The molecule has 0 atom stereocenters. The highest BCUT2D eigenvalue weighted by Crippen LogP contribution is 2.61. The van der Waals surface area contributed by atoms with Gasteiger partial charge in [0.1, 0.15) is 6.07 Å². The summed E-state index contributed by atoms with van der Waals surface area (Å²) in [5.41, 5.74) is 18.9. The van der Waals surface area contributed by atoms with E-state index in [2.05, 4.69) is 149 Å². The van der Waals surface area contributed by atoms with E-state index in [1.54, 1.807) is 0 Å². The van der Waals surface area contributed by atoms with Gasteiger partial charge in [-0.15, -0.1) is 0 Å². The average Bonchev–Trinajstić information content (AvgIpc) is 3.77. The second-order valence-electron chi connectivity index (χ2n) is 13.8. The molecule has 13 rings (SSSR count). The molecule has 0 unspecified atom stereocenters. The number of hydrogen-bond donors (Lipinski definition) is 0. The molecule has 0 radical (unpaired) electrons. The van der Waals surface area contributed by atoms with Crippen molar-refractivity contribution in [2.75, 3.05) is 0 Å². The molecular weight excluding hydrogens is 581 g/mol. The van der Waals surface area contributed by atoms with E-state index in [-0.39, 0.29) is 6.71 Å². The van der Waals surface area contributed by atoms with Crippen molar-refractivity contribution in [3.05, 3.63) is 161 Å². The van der Waals surface area contributed by atoms with E-state index in [1.807, 2.05) is 0 Å². The first-order valence-electron chi connectivity index (χ1n) is 16.7. The van der Waals surface area contributed by atoms with Crippen molar-refractivity contribution < 1.29 is 0 Å². The smallest absolute Gasteiger partial charge is 0.252 e. The monoisotopic (exact) mass is 603 g/mol. The topological polar surface area (TPSA) is 33.6 Å². The van der Waals surface area contributed by atoms with Crippen LogP contribution in [0.2, 0.25) is 0 Å².